The molecule has 0 bridgehead atoms. The summed E-state index contributed by atoms with van der Waals surface area (Å²) >= 11 is 11.6. The molecule has 0 radical (unpaired) electrons. The Bertz CT molecular complexity index is 726. The molecule has 2 aromatic rings. The van der Waals surface area contributed by atoms with Gasteiger partial charge in [-0.3, -0.25) is 4.79 Å². The molecular formula is C17H16Cl2N2O3. The Morgan fingerprint density at radius 2 is 1.62 bits per heavy atom. The van der Waals surface area contributed by atoms with Gasteiger partial charge in [-0.2, -0.15) is 0 Å². The highest BCUT2D eigenvalue weighted by atomic mass is 35.5. The van der Waals surface area contributed by atoms with Crippen LogP contribution in [0.25, 0.3) is 0 Å². The van der Waals surface area contributed by atoms with Crippen molar-refractivity contribution in [1.29, 1.82) is 0 Å². The van der Waals surface area contributed by atoms with Crippen LogP contribution in [0.3, 0.4) is 0 Å². The summed E-state index contributed by atoms with van der Waals surface area (Å²) in [6.45, 7) is -0.404. The molecule has 1 N–H and O–H groups in total. The smallest absolute Gasteiger partial charge is 0.338 e. The van der Waals surface area contributed by atoms with Crippen LogP contribution < -0.4 is 10.2 Å². The number of amides is 1. The summed E-state index contributed by atoms with van der Waals surface area (Å²) in [6, 6.07) is 11.6. The van der Waals surface area contributed by atoms with E-state index in [1.165, 1.54) is 18.2 Å². The van der Waals surface area contributed by atoms with Crippen molar-refractivity contribution in [2.45, 2.75) is 0 Å². The first-order valence-electron chi connectivity index (χ1n) is 7.05. The summed E-state index contributed by atoms with van der Waals surface area (Å²) in [5, 5.41) is 3.29. The first kappa shape index (κ1) is 18.1. The van der Waals surface area contributed by atoms with Gasteiger partial charge in [0.2, 0.25) is 0 Å². The molecule has 0 saturated carbocycles. The molecule has 24 heavy (non-hydrogen) atoms. The van der Waals surface area contributed by atoms with Crippen LogP contribution in [0.2, 0.25) is 10.0 Å². The van der Waals surface area contributed by atoms with E-state index in [1.54, 1.807) is 12.1 Å². The number of esters is 1. The van der Waals surface area contributed by atoms with Crippen molar-refractivity contribution in [3.05, 3.63) is 58.1 Å². The fourth-order valence-corrected chi connectivity index (χ4v) is 2.45. The predicted molar refractivity (Wildman–Crippen MR) is 96.1 cm³/mol. The summed E-state index contributed by atoms with van der Waals surface area (Å²) in [5.41, 5.74) is 1.82. The molecule has 0 unspecified atom stereocenters. The average Bonchev–Trinajstić information content (AvgIpc) is 2.52. The van der Waals surface area contributed by atoms with E-state index in [1.807, 2.05) is 31.1 Å². The van der Waals surface area contributed by atoms with Crippen molar-refractivity contribution in [1.82, 2.24) is 0 Å². The third-order valence-electron chi connectivity index (χ3n) is 3.10. The summed E-state index contributed by atoms with van der Waals surface area (Å²) in [4.78, 5) is 25.7. The number of halogens is 2. The molecule has 0 fully saturated rings. The van der Waals surface area contributed by atoms with E-state index in [4.69, 9.17) is 27.9 Å². The topological polar surface area (TPSA) is 58.6 Å². The summed E-state index contributed by atoms with van der Waals surface area (Å²) < 4.78 is 4.96. The van der Waals surface area contributed by atoms with Gasteiger partial charge in [-0.15, -0.1) is 0 Å². The average molecular weight is 367 g/mol. The molecule has 0 aromatic heterocycles. The molecule has 5 nitrogen and oxygen atoms in total. The molecule has 0 saturated heterocycles. The maximum atomic E-state index is 11.9. The summed E-state index contributed by atoms with van der Waals surface area (Å²) in [7, 11) is 3.85. The molecule has 126 valence electrons. The van der Waals surface area contributed by atoms with Gasteiger partial charge < -0.3 is 15.0 Å². The number of carbonyl (C=O) groups excluding carboxylic acids is 2. The Kier molecular flexibility index (Phi) is 6.06. The van der Waals surface area contributed by atoms with Crippen molar-refractivity contribution < 1.29 is 14.3 Å². The Morgan fingerprint density at radius 3 is 2.17 bits per heavy atom. The number of hydrogen-bond donors (Lipinski definition) is 1. The lowest BCUT2D eigenvalue weighted by Gasteiger charge is -2.13. The zero-order valence-electron chi connectivity index (χ0n) is 13.2. The van der Waals surface area contributed by atoms with Crippen molar-refractivity contribution in [2.75, 3.05) is 30.9 Å². The third-order valence-corrected chi connectivity index (χ3v) is 3.54. The monoisotopic (exact) mass is 366 g/mol. The lowest BCUT2D eigenvalue weighted by Crippen LogP contribution is -2.21. The number of ether oxygens (including phenoxy) is 1. The van der Waals surface area contributed by atoms with Crippen LogP contribution in [0.1, 0.15) is 10.4 Å². The minimum Gasteiger partial charge on any atom is -0.452 e. The van der Waals surface area contributed by atoms with E-state index in [9.17, 15) is 9.59 Å². The number of rotatable bonds is 5. The molecule has 0 aliphatic rings. The van der Waals surface area contributed by atoms with E-state index in [0.29, 0.717) is 15.7 Å². The van der Waals surface area contributed by atoms with Crippen LogP contribution in [0.4, 0.5) is 11.4 Å². The van der Waals surface area contributed by atoms with Gasteiger partial charge in [0.1, 0.15) is 0 Å². The zero-order valence-corrected chi connectivity index (χ0v) is 14.7. The maximum absolute atomic E-state index is 11.9. The first-order chi connectivity index (χ1) is 11.3. The molecule has 0 atom stereocenters. The SMILES string of the molecule is CN(C)c1ccc(NC(=O)COC(=O)c2cc(Cl)cc(Cl)c2)cc1. The highest BCUT2D eigenvalue weighted by Gasteiger charge is 2.12. The number of carbonyl (C=O) groups is 2. The van der Waals surface area contributed by atoms with Crippen molar-refractivity contribution in [2.24, 2.45) is 0 Å². The van der Waals surface area contributed by atoms with Crippen molar-refractivity contribution >= 4 is 46.5 Å². The van der Waals surface area contributed by atoms with Crippen LogP contribution in [0.15, 0.2) is 42.5 Å². The maximum Gasteiger partial charge on any atom is 0.338 e. The summed E-state index contributed by atoms with van der Waals surface area (Å²) in [5.74, 6) is -1.11. The molecule has 2 rings (SSSR count). The fraction of sp³-hybridized carbons (Fsp3) is 0.176. The van der Waals surface area contributed by atoms with Gasteiger partial charge in [0.25, 0.3) is 5.91 Å². The van der Waals surface area contributed by atoms with Gasteiger partial charge in [0.05, 0.1) is 5.56 Å². The number of hydrogen-bond acceptors (Lipinski definition) is 4. The standard InChI is InChI=1S/C17H16Cl2N2O3/c1-21(2)15-5-3-14(4-6-15)20-16(22)10-24-17(23)11-7-12(18)9-13(19)8-11/h3-9H,10H2,1-2H3,(H,20,22). The number of nitrogens with zero attached hydrogens (tertiary/aromatic N) is 1. The second-order valence-corrected chi connectivity index (χ2v) is 6.10. The quantitative estimate of drug-likeness (QED) is 0.816. The molecule has 1 amide bonds. The van der Waals surface area contributed by atoms with E-state index >= 15 is 0 Å². The number of benzene rings is 2. The molecule has 0 aliphatic carbocycles. The van der Waals surface area contributed by atoms with E-state index in [-0.39, 0.29) is 5.56 Å². The highest BCUT2D eigenvalue weighted by molar-refractivity contribution is 6.35. The van der Waals surface area contributed by atoms with Gasteiger partial charge in [0, 0.05) is 35.5 Å². The molecule has 0 heterocycles. The summed E-state index contributed by atoms with van der Waals surface area (Å²) in [6.07, 6.45) is 0. The van der Waals surface area contributed by atoms with E-state index < -0.39 is 18.5 Å². The minimum atomic E-state index is -0.669. The molecule has 2 aromatic carbocycles. The second-order valence-electron chi connectivity index (χ2n) is 5.22. The minimum absolute atomic E-state index is 0.190. The lowest BCUT2D eigenvalue weighted by molar-refractivity contribution is -0.119. The Labute approximate surface area is 150 Å². The predicted octanol–water partition coefficient (Wildman–Crippen LogP) is 3.85. The molecular weight excluding hydrogens is 351 g/mol. The van der Waals surface area contributed by atoms with E-state index in [0.717, 1.165) is 5.69 Å². The third kappa shape index (κ3) is 5.15. The van der Waals surface area contributed by atoms with Gasteiger partial charge in [-0.25, -0.2) is 4.79 Å². The van der Waals surface area contributed by atoms with Gasteiger partial charge in [-0.05, 0) is 42.5 Å². The van der Waals surface area contributed by atoms with E-state index in [2.05, 4.69) is 5.32 Å². The van der Waals surface area contributed by atoms with Gasteiger partial charge in [0.15, 0.2) is 6.61 Å². The van der Waals surface area contributed by atoms with Crippen LogP contribution in [0, 0.1) is 0 Å². The largest absolute Gasteiger partial charge is 0.452 e. The first-order valence-corrected chi connectivity index (χ1v) is 7.81. The number of anilines is 2. The molecule has 0 aliphatic heterocycles. The van der Waals surface area contributed by atoms with Gasteiger partial charge >= 0.3 is 5.97 Å². The molecule has 7 heteroatoms. The second kappa shape index (κ2) is 8.04. The van der Waals surface area contributed by atoms with Gasteiger partial charge in [-0.1, -0.05) is 23.2 Å². The Morgan fingerprint density at radius 1 is 1.04 bits per heavy atom. The van der Waals surface area contributed by atoms with Crippen molar-refractivity contribution in [3.63, 3.8) is 0 Å². The number of nitrogens with one attached hydrogen (secondary N) is 1. The Balaban J connectivity index is 1.89. The van der Waals surface area contributed by atoms with Crippen LogP contribution >= 0.6 is 23.2 Å². The Hall–Kier alpha value is -2.24. The molecule has 0 spiro atoms. The lowest BCUT2D eigenvalue weighted by atomic mass is 10.2. The van der Waals surface area contributed by atoms with Crippen LogP contribution in [-0.2, 0) is 9.53 Å². The zero-order chi connectivity index (χ0) is 17.7. The van der Waals surface area contributed by atoms with Crippen LogP contribution in [0.5, 0.6) is 0 Å². The normalized spacial score (nSPS) is 10.2. The van der Waals surface area contributed by atoms with Crippen molar-refractivity contribution in [3.8, 4) is 0 Å². The fourth-order valence-electron chi connectivity index (χ4n) is 1.93. The highest BCUT2D eigenvalue weighted by Crippen LogP contribution is 2.20. The van der Waals surface area contributed by atoms with Crippen LogP contribution in [-0.4, -0.2) is 32.6 Å².